The Hall–Kier alpha value is -1.54. The lowest BCUT2D eigenvalue weighted by Crippen LogP contribution is -2.08. The zero-order valence-electron chi connectivity index (χ0n) is 9.17. The normalized spacial score (nSPS) is 9.71. The molecule has 1 aromatic rings. The lowest BCUT2D eigenvalue weighted by atomic mass is 10.2. The number of rotatable bonds is 6. The van der Waals surface area contributed by atoms with Gasteiger partial charge in [0.05, 0.1) is 11.6 Å². The molecule has 0 saturated heterocycles. The molecule has 0 amide bonds. The van der Waals surface area contributed by atoms with Crippen LogP contribution >= 0.6 is 11.8 Å². The van der Waals surface area contributed by atoms with Crippen LogP contribution in [0.25, 0.3) is 0 Å². The minimum atomic E-state index is -0.740. The first-order valence-corrected chi connectivity index (χ1v) is 6.16. The van der Waals surface area contributed by atoms with E-state index in [2.05, 4.69) is 11.9 Å². The molecule has 1 N–H and O–H groups in total. The molecule has 0 radical (unpaired) electrons. The van der Waals surface area contributed by atoms with E-state index in [0.29, 0.717) is 6.54 Å². The Kier molecular flexibility index (Phi) is 5.50. The van der Waals surface area contributed by atoms with E-state index in [1.165, 1.54) is 0 Å². The van der Waals surface area contributed by atoms with Gasteiger partial charge in [0.2, 0.25) is 0 Å². The van der Waals surface area contributed by atoms with Crippen LogP contribution in [-0.2, 0) is 0 Å². The molecule has 0 spiro atoms. The van der Waals surface area contributed by atoms with Gasteiger partial charge in [0.15, 0.2) is 11.6 Å². The van der Waals surface area contributed by atoms with Gasteiger partial charge in [0.1, 0.15) is 5.69 Å². The monoisotopic (exact) mass is 254 g/mol. The maximum atomic E-state index is 13.4. The molecule has 90 valence electrons. The van der Waals surface area contributed by atoms with Gasteiger partial charge < -0.3 is 5.32 Å². The second-order valence-electron chi connectivity index (χ2n) is 3.22. The highest BCUT2D eigenvalue weighted by Crippen LogP contribution is 2.20. The molecule has 0 fully saturated rings. The van der Waals surface area contributed by atoms with Crippen molar-refractivity contribution >= 4 is 17.4 Å². The van der Waals surface area contributed by atoms with Crippen molar-refractivity contribution in [2.24, 2.45) is 0 Å². The number of nitrogens with zero attached hydrogens (tertiary/aromatic N) is 1. The largest absolute Gasteiger partial charge is 0.379 e. The molecule has 0 bridgehead atoms. The fourth-order valence-electron chi connectivity index (χ4n) is 1.22. The van der Waals surface area contributed by atoms with Crippen molar-refractivity contribution < 1.29 is 8.78 Å². The molecule has 1 rings (SSSR count). The molecule has 0 heterocycles. The minimum Gasteiger partial charge on any atom is -0.379 e. The molecule has 5 heteroatoms. The first-order chi connectivity index (χ1) is 8.19. The number of halogens is 2. The van der Waals surface area contributed by atoms with Crippen LogP contribution in [0.2, 0.25) is 0 Å². The zero-order chi connectivity index (χ0) is 12.7. The van der Waals surface area contributed by atoms with Crippen molar-refractivity contribution in [1.29, 1.82) is 5.26 Å². The van der Waals surface area contributed by atoms with E-state index in [1.54, 1.807) is 23.9 Å². The van der Waals surface area contributed by atoms with Crippen molar-refractivity contribution in [3.05, 3.63) is 42.0 Å². The molecule has 0 saturated carbocycles. The topological polar surface area (TPSA) is 35.8 Å². The molecule has 1 aromatic carbocycles. The highest BCUT2D eigenvalue weighted by molar-refractivity contribution is 7.99. The van der Waals surface area contributed by atoms with Crippen LogP contribution < -0.4 is 5.32 Å². The van der Waals surface area contributed by atoms with Crippen molar-refractivity contribution in [1.82, 2.24) is 0 Å². The van der Waals surface area contributed by atoms with Gasteiger partial charge in [-0.25, -0.2) is 8.78 Å². The van der Waals surface area contributed by atoms with Crippen molar-refractivity contribution in [2.75, 3.05) is 23.4 Å². The van der Waals surface area contributed by atoms with Gasteiger partial charge in [-0.2, -0.15) is 17.0 Å². The van der Waals surface area contributed by atoms with Crippen LogP contribution in [0.3, 0.4) is 0 Å². The molecule has 0 aliphatic rings. The third kappa shape index (κ3) is 4.08. The van der Waals surface area contributed by atoms with Gasteiger partial charge in [-0.1, -0.05) is 6.08 Å². The van der Waals surface area contributed by atoms with Crippen LogP contribution in [0.4, 0.5) is 14.5 Å². The molecule has 17 heavy (non-hydrogen) atoms. The Balaban J connectivity index is 2.59. The third-order valence-electron chi connectivity index (χ3n) is 1.96. The van der Waals surface area contributed by atoms with Gasteiger partial charge in [0.25, 0.3) is 0 Å². The molecule has 0 aromatic heterocycles. The fourth-order valence-corrected chi connectivity index (χ4v) is 1.80. The van der Waals surface area contributed by atoms with Gasteiger partial charge in [0, 0.05) is 18.1 Å². The Morgan fingerprint density at radius 1 is 1.41 bits per heavy atom. The molecule has 0 aliphatic carbocycles. The Morgan fingerprint density at radius 3 is 2.59 bits per heavy atom. The average molecular weight is 254 g/mol. The number of anilines is 1. The van der Waals surface area contributed by atoms with Crippen LogP contribution in [0, 0.1) is 23.0 Å². The van der Waals surface area contributed by atoms with Crippen molar-refractivity contribution in [3.63, 3.8) is 0 Å². The van der Waals surface area contributed by atoms with E-state index in [9.17, 15) is 8.78 Å². The molecule has 2 nitrogen and oxygen atoms in total. The molecular weight excluding hydrogens is 242 g/mol. The number of nitriles is 1. The standard InChI is InChI=1S/C12H12F2N2S/c1-2-4-17-5-3-16-12-10(13)6-9(8-15)7-11(12)14/h2,6-7,16H,1,3-5H2. The molecular formula is C12H12F2N2S. The highest BCUT2D eigenvalue weighted by atomic mass is 32.2. The summed E-state index contributed by atoms with van der Waals surface area (Å²) in [6.45, 7) is 4.03. The maximum absolute atomic E-state index is 13.4. The summed E-state index contributed by atoms with van der Waals surface area (Å²) in [6, 6.07) is 3.73. The second kappa shape index (κ2) is 6.92. The fraction of sp³-hybridized carbons (Fsp3) is 0.250. The summed E-state index contributed by atoms with van der Waals surface area (Å²) in [5.41, 5.74) is -0.199. The number of thioether (sulfide) groups is 1. The van der Waals surface area contributed by atoms with Gasteiger partial charge in [-0.05, 0) is 12.1 Å². The SMILES string of the molecule is C=CCSCCNc1c(F)cc(C#N)cc1F. The average Bonchev–Trinajstić information content (AvgIpc) is 2.31. The van der Waals surface area contributed by atoms with Gasteiger partial charge in [-0.15, -0.1) is 6.58 Å². The van der Waals surface area contributed by atoms with E-state index in [0.717, 1.165) is 23.6 Å². The summed E-state index contributed by atoms with van der Waals surface area (Å²) in [7, 11) is 0. The highest BCUT2D eigenvalue weighted by Gasteiger charge is 2.10. The summed E-state index contributed by atoms with van der Waals surface area (Å²) in [5.74, 6) is 0.0517. The lowest BCUT2D eigenvalue weighted by Gasteiger charge is -2.08. The quantitative estimate of drug-likeness (QED) is 0.625. The first kappa shape index (κ1) is 13.5. The van der Waals surface area contributed by atoms with E-state index in [-0.39, 0.29) is 11.3 Å². The smallest absolute Gasteiger partial charge is 0.150 e. The summed E-state index contributed by atoms with van der Waals surface area (Å²) < 4.78 is 26.8. The Bertz CT molecular complexity index is 418. The Labute approximate surface area is 103 Å². The number of hydrogen-bond acceptors (Lipinski definition) is 3. The zero-order valence-corrected chi connectivity index (χ0v) is 9.99. The van der Waals surface area contributed by atoms with Gasteiger partial charge in [-0.3, -0.25) is 0 Å². The summed E-state index contributed by atoms with van der Waals surface area (Å²) in [4.78, 5) is 0. The maximum Gasteiger partial charge on any atom is 0.150 e. The molecule has 0 unspecified atom stereocenters. The van der Waals surface area contributed by atoms with Gasteiger partial charge >= 0.3 is 0 Å². The predicted octanol–water partition coefficient (Wildman–Crippen LogP) is 3.17. The number of benzene rings is 1. The van der Waals surface area contributed by atoms with E-state index in [1.807, 2.05) is 0 Å². The molecule has 0 atom stereocenters. The Morgan fingerprint density at radius 2 is 2.06 bits per heavy atom. The van der Waals surface area contributed by atoms with Crippen molar-refractivity contribution in [3.8, 4) is 6.07 Å². The minimum absolute atomic E-state index is 0.0217. The van der Waals surface area contributed by atoms with E-state index < -0.39 is 11.6 Å². The van der Waals surface area contributed by atoms with E-state index >= 15 is 0 Å². The van der Waals surface area contributed by atoms with Crippen molar-refractivity contribution in [2.45, 2.75) is 0 Å². The first-order valence-electron chi connectivity index (χ1n) is 5.00. The van der Waals surface area contributed by atoms with E-state index in [4.69, 9.17) is 5.26 Å². The summed E-state index contributed by atoms with van der Waals surface area (Å²) >= 11 is 1.61. The lowest BCUT2D eigenvalue weighted by molar-refractivity contribution is 0.588. The number of nitrogens with one attached hydrogen (secondary N) is 1. The summed E-state index contributed by atoms with van der Waals surface area (Å²) in [6.07, 6.45) is 1.77. The predicted molar refractivity (Wildman–Crippen MR) is 67.1 cm³/mol. The second-order valence-corrected chi connectivity index (χ2v) is 4.37. The third-order valence-corrected chi connectivity index (χ3v) is 2.92. The van der Waals surface area contributed by atoms with Crippen LogP contribution in [0.5, 0.6) is 0 Å². The molecule has 0 aliphatic heterocycles. The van der Waals surface area contributed by atoms with Crippen LogP contribution in [0.15, 0.2) is 24.8 Å². The van der Waals surface area contributed by atoms with Crippen LogP contribution in [-0.4, -0.2) is 18.1 Å². The number of hydrogen-bond donors (Lipinski definition) is 1. The summed E-state index contributed by atoms with van der Waals surface area (Å²) in [5, 5.41) is 11.2. The van der Waals surface area contributed by atoms with Crippen LogP contribution in [0.1, 0.15) is 5.56 Å².